The lowest BCUT2D eigenvalue weighted by atomic mass is 10.1. The summed E-state index contributed by atoms with van der Waals surface area (Å²) in [5, 5.41) is 3.09. The molecule has 0 unspecified atom stereocenters. The topological polar surface area (TPSA) is 52.7 Å². The Balaban J connectivity index is 1.55. The van der Waals surface area contributed by atoms with Gasteiger partial charge in [0.1, 0.15) is 0 Å². The highest BCUT2D eigenvalue weighted by atomic mass is 16.2. The van der Waals surface area contributed by atoms with Crippen LogP contribution in [0.2, 0.25) is 0 Å². The average Bonchev–Trinajstić information content (AvgIpc) is 2.98. The van der Waals surface area contributed by atoms with E-state index < -0.39 is 0 Å². The lowest BCUT2D eigenvalue weighted by Gasteiger charge is -2.26. The molecule has 2 aliphatic rings. The quantitative estimate of drug-likeness (QED) is 0.742. The Morgan fingerprint density at radius 3 is 1.95 bits per heavy atom. The van der Waals surface area contributed by atoms with Gasteiger partial charge in [-0.15, -0.1) is 0 Å². The van der Waals surface area contributed by atoms with E-state index in [1.807, 2.05) is 9.80 Å². The molecule has 2 amide bonds. The number of carbonyl (C=O) groups is 2. The van der Waals surface area contributed by atoms with Gasteiger partial charge in [-0.3, -0.25) is 9.59 Å². The first-order chi connectivity index (χ1) is 9.27. The van der Waals surface area contributed by atoms with E-state index in [1.54, 1.807) is 0 Å². The van der Waals surface area contributed by atoms with Crippen LogP contribution in [0, 0.1) is 0 Å². The van der Waals surface area contributed by atoms with Gasteiger partial charge in [0.05, 0.1) is 6.54 Å². The number of nitrogens with zero attached hydrogens (tertiary/aromatic N) is 2. The molecule has 0 spiro atoms. The molecule has 0 saturated carbocycles. The Morgan fingerprint density at radius 2 is 1.32 bits per heavy atom. The Bertz CT molecular complexity index is 308. The van der Waals surface area contributed by atoms with Crippen LogP contribution in [-0.2, 0) is 9.59 Å². The van der Waals surface area contributed by atoms with Crippen molar-refractivity contribution in [3.63, 3.8) is 0 Å². The summed E-state index contributed by atoms with van der Waals surface area (Å²) in [5.74, 6) is 0.392. The summed E-state index contributed by atoms with van der Waals surface area (Å²) in [5.41, 5.74) is 0. The Hall–Kier alpha value is -1.10. The monoisotopic (exact) mass is 267 g/mol. The maximum absolute atomic E-state index is 11.9. The van der Waals surface area contributed by atoms with Gasteiger partial charge in [0, 0.05) is 39.1 Å². The average molecular weight is 267 g/mol. The van der Waals surface area contributed by atoms with Crippen LogP contribution < -0.4 is 5.32 Å². The highest BCUT2D eigenvalue weighted by Gasteiger charge is 2.18. The van der Waals surface area contributed by atoms with Gasteiger partial charge in [-0.2, -0.15) is 0 Å². The first-order valence-electron chi connectivity index (χ1n) is 7.53. The lowest BCUT2D eigenvalue weighted by Crippen LogP contribution is -2.39. The molecular formula is C14H25N3O2. The fraction of sp³-hybridized carbons (Fsp3) is 0.857. The second-order valence-corrected chi connectivity index (χ2v) is 5.46. The van der Waals surface area contributed by atoms with Gasteiger partial charge in [0.25, 0.3) is 0 Å². The number of carbonyl (C=O) groups excluding carboxylic acids is 2. The van der Waals surface area contributed by atoms with E-state index in [4.69, 9.17) is 0 Å². The summed E-state index contributed by atoms with van der Waals surface area (Å²) < 4.78 is 0. The molecule has 2 rings (SSSR count). The fourth-order valence-corrected chi connectivity index (χ4v) is 2.77. The van der Waals surface area contributed by atoms with Crippen LogP contribution >= 0.6 is 0 Å². The Morgan fingerprint density at radius 1 is 0.789 bits per heavy atom. The predicted molar refractivity (Wildman–Crippen MR) is 73.7 cm³/mol. The standard InChI is InChI=1S/C14H25N3O2/c18-13(16-8-2-1-3-9-16)6-7-15-12-14(19)17-10-4-5-11-17/h15H,1-12H2. The number of nitrogens with one attached hydrogen (secondary N) is 1. The molecule has 5 nitrogen and oxygen atoms in total. The molecule has 0 bridgehead atoms. The third kappa shape index (κ3) is 4.49. The number of amides is 2. The highest BCUT2D eigenvalue weighted by molar-refractivity contribution is 5.79. The maximum Gasteiger partial charge on any atom is 0.236 e. The second-order valence-electron chi connectivity index (χ2n) is 5.46. The van der Waals surface area contributed by atoms with E-state index >= 15 is 0 Å². The Labute approximate surface area is 115 Å². The molecule has 0 atom stereocenters. The molecule has 0 aliphatic carbocycles. The maximum atomic E-state index is 11.9. The summed E-state index contributed by atoms with van der Waals surface area (Å²) in [7, 11) is 0. The van der Waals surface area contributed by atoms with Crippen molar-refractivity contribution in [1.29, 1.82) is 0 Å². The van der Waals surface area contributed by atoms with Crippen molar-refractivity contribution in [2.75, 3.05) is 39.3 Å². The molecule has 2 saturated heterocycles. The normalized spacial score (nSPS) is 19.8. The van der Waals surface area contributed by atoms with E-state index in [0.717, 1.165) is 51.9 Å². The van der Waals surface area contributed by atoms with E-state index in [2.05, 4.69) is 5.32 Å². The minimum atomic E-state index is 0.169. The van der Waals surface area contributed by atoms with Crippen molar-refractivity contribution in [2.24, 2.45) is 0 Å². The largest absolute Gasteiger partial charge is 0.343 e. The van der Waals surface area contributed by atoms with Crippen LogP contribution in [0.25, 0.3) is 0 Å². The molecule has 2 fully saturated rings. The predicted octanol–water partition coefficient (Wildman–Crippen LogP) is 0.601. The highest BCUT2D eigenvalue weighted by Crippen LogP contribution is 2.09. The van der Waals surface area contributed by atoms with Crippen LogP contribution in [0.1, 0.15) is 38.5 Å². The summed E-state index contributed by atoms with van der Waals surface area (Å²) in [6, 6.07) is 0. The van der Waals surface area contributed by atoms with Crippen molar-refractivity contribution < 1.29 is 9.59 Å². The van der Waals surface area contributed by atoms with Gasteiger partial charge >= 0.3 is 0 Å². The zero-order valence-electron chi connectivity index (χ0n) is 11.7. The van der Waals surface area contributed by atoms with E-state index in [1.165, 1.54) is 6.42 Å². The number of hydrogen-bond donors (Lipinski definition) is 1. The molecule has 2 heterocycles. The van der Waals surface area contributed by atoms with E-state index in [0.29, 0.717) is 19.5 Å². The smallest absolute Gasteiger partial charge is 0.236 e. The first-order valence-corrected chi connectivity index (χ1v) is 7.53. The Kier molecular flexibility index (Phi) is 5.63. The third-order valence-corrected chi connectivity index (χ3v) is 3.96. The van der Waals surface area contributed by atoms with E-state index in [9.17, 15) is 9.59 Å². The SMILES string of the molecule is O=C(CCNCC(=O)N1CCCC1)N1CCCCC1. The second kappa shape index (κ2) is 7.48. The number of likely N-dealkylation sites (tertiary alicyclic amines) is 2. The summed E-state index contributed by atoms with van der Waals surface area (Å²) in [6.07, 6.45) is 6.26. The van der Waals surface area contributed by atoms with Crippen molar-refractivity contribution in [1.82, 2.24) is 15.1 Å². The molecule has 108 valence electrons. The first kappa shape index (κ1) is 14.3. The number of rotatable bonds is 5. The van der Waals surface area contributed by atoms with Crippen LogP contribution in [0.4, 0.5) is 0 Å². The molecule has 19 heavy (non-hydrogen) atoms. The van der Waals surface area contributed by atoms with Gasteiger partial charge in [-0.1, -0.05) is 0 Å². The zero-order chi connectivity index (χ0) is 13.5. The van der Waals surface area contributed by atoms with Crippen molar-refractivity contribution >= 4 is 11.8 Å². The summed E-state index contributed by atoms with van der Waals surface area (Å²) in [4.78, 5) is 27.5. The summed E-state index contributed by atoms with van der Waals surface area (Å²) in [6.45, 7) is 4.58. The number of hydrogen-bond acceptors (Lipinski definition) is 3. The summed E-state index contributed by atoms with van der Waals surface area (Å²) >= 11 is 0. The van der Waals surface area contributed by atoms with Gasteiger partial charge in [-0.05, 0) is 32.1 Å². The minimum Gasteiger partial charge on any atom is -0.343 e. The zero-order valence-corrected chi connectivity index (χ0v) is 11.7. The van der Waals surface area contributed by atoms with E-state index in [-0.39, 0.29) is 11.8 Å². The molecule has 2 aliphatic heterocycles. The van der Waals surface area contributed by atoms with Crippen molar-refractivity contribution in [3.8, 4) is 0 Å². The van der Waals surface area contributed by atoms with Gasteiger partial charge < -0.3 is 15.1 Å². The van der Waals surface area contributed by atoms with Gasteiger partial charge in [-0.25, -0.2) is 0 Å². The van der Waals surface area contributed by atoms with Gasteiger partial charge in [0.2, 0.25) is 11.8 Å². The molecule has 0 radical (unpaired) electrons. The van der Waals surface area contributed by atoms with Crippen LogP contribution in [0.5, 0.6) is 0 Å². The van der Waals surface area contributed by atoms with Crippen molar-refractivity contribution in [3.05, 3.63) is 0 Å². The van der Waals surface area contributed by atoms with Crippen LogP contribution in [-0.4, -0.2) is 60.9 Å². The van der Waals surface area contributed by atoms with Crippen LogP contribution in [0.15, 0.2) is 0 Å². The molecule has 5 heteroatoms. The molecule has 0 aromatic rings. The van der Waals surface area contributed by atoms with Crippen molar-refractivity contribution in [2.45, 2.75) is 38.5 Å². The third-order valence-electron chi connectivity index (χ3n) is 3.96. The van der Waals surface area contributed by atoms with Gasteiger partial charge in [0.15, 0.2) is 0 Å². The number of piperidine rings is 1. The fourth-order valence-electron chi connectivity index (χ4n) is 2.77. The molecule has 1 N–H and O–H groups in total. The lowest BCUT2D eigenvalue weighted by molar-refractivity contribution is -0.132. The molecule has 0 aromatic heterocycles. The molecular weight excluding hydrogens is 242 g/mol. The minimum absolute atomic E-state index is 0.169. The molecule has 0 aromatic carbocycles. The van der Waals surface area contributed by atoms with Crippen LogP contribution in [0.3, 0.4) is 0 Å².